The lowest BCUT2D eigenvalue weighted by Gasteiger charge is -2.39. The highest BCUT2D eigenvalue weighted by atomic mass is 16.6. The van der Waals surface area contributed by atoms with E-state index in [9.17, 15) is 19.8 Å². The van der Waals surface area contributed by atoms with Crippen molar-refractivity contribution in [3.63, 3.8) is 0 Å². The molecule has 0 aromatic rings. The minimum atomic E-state index is -0.951. The molecule has 4 aliphatic carbocycles. The SMILES string of the molecule is C.C.C=CC[C@@H]1C[C@]2(O)CC(=O)O[C@@]23CC=CC[C@H]13.C=CC[C@@H]1C[C@]2(O)CC(=O)O[C@@]23CC=CC[C@H]13. The van der Waals surface area contributed by atoms with Crippen LogP contribution in [0.3, 0.4) is 0 Å². The van der Waals surface area contributed by atoms with E-state index in [0.29, 0.717) is 37.5 Å². The first-order valence-electron chi connectivity index (χ1n) is 12.6. The summed E-state index contributed by atoms with van der Waals surface area (Å²) in [6.45, 7) is 7.57. The maximum absolute atomic E-state index is 11.5. The number of aliphatic hydroxyl groups is 2. The van der Waals surface area contributed by atoms with Crippen molar-refractivity contribution < 1.29 is 29.3 Å². The van der Waals surface area contributed by atoms with Crippen LogP contribution in [0.15, 0.2) is 49.6 Å². The quantitative estimate of drug-likeness (QED) is 0.407. The van der Waals surface area contributed by atoms with Gasteiger partial charge in [-0.15, -0.1) is 13.2 Å². The summed E-state index contributed by atoms with van der Waals surface area (Å²) in [6, 6.07) is 0. The van der Waals surface area contributed by atoms with Crippen molar-refractivity contribution in [3.8, 4) is 0 Å². The summed E-state index contributed by atoms with van der Waals surface area (Å²) in [5, 5.41) is 21.5. The molecule has 2 N–H and O–H groups in total. The van der Waals surface area contributed by atoms with Gasteiger partial charge in [-0.05, 0) is 50.4 Å². The van der Waals surface area contributed by atoms with Crippen molar-refractivity contribution in [2.45, 2.75) is 101 Å². The van der Waals surface area contributed by atoms with Crippen LogP contribution in [-0.2, 0) is 19.1 Å². The number of esters is 2. The molecular formula is C30H44O6. The van der Waals surface area contributed by atoms with E-state index in [-0.39, 0.29) is 51.5 Å². The second-order valence-electron chi connectivity index (χ2n) is 11.2. The topological polar surface area (TPSA) is 93.1 Å². The average molecular weight is 501 g/mol. The van der Waals surface area contributed by atoms with Gasteiger partial charge in [-0.1, -0.05) is 51.3 Å². The molecule has 8 atom stereocenters. The zero-order valence-electron chi connectivity index (χ0n) is 19.8. The Bertz CT molecular complexity index is 877. The molecule has 0 aromatic carbocycles. The van der Waals surface area contributed by atoms with Gasteiger partial charge in [-0.3, -0.25) is 9.59 Å². The molecule has 0 radical (unpaired) electrons. The first kappa shape index (κ1) is 28.4. The molecule has 2 aliphatic heterocycles. The number of hydrogen-bond donors (Lipinski definition) is 2. The van der Waals surface area contributed by atoms with Gasteiger partial charge in [0.25, 0.3) is 0 Å². The highest BCUT2D eigenvalue weighted by Gasteiger charge is 2.70. The Morgan fingerprint density at radius 2 is 1.17 bits per heavy atom. The van der Waals surface area contributed by atoms with Gasteiger partial charge in [0, 0.05) is 24.7 Å². The van der Waals surface area contributed by atoms with Gasteiger partial charge in [0.15, 0.2) is 0 Å². The number of ether oxygens (including phenoxy) is 2. The maximum atomic E-state index is 11.5. The number of carbonyl (C=O) groups is 2. The molecule has 2 spiro atoms. The molecule has 0 amide bonds. The van der Waals surface area contributed by atoms with E-state index >= 15 is 0 Å². The lowest BCUT2D eigenvalue weighted by atomic mass is 9.73. The van der Waals surface area contributed by atoms with Crippen LogP contribution in [0.1, 0.15) is 79.1 Å². The number of carbonyl (C=O) groups excluding carboxylic acids is 2. The summed E-state index contributed by atoms with van der Waals surface area (Å²) in [6.07, 6.45) is 18.7. The summed E-state index contributed by atoms with van der Waals surface area (Å²) in [4.78, 5) is 23.1. The number of allylic oxidation sites excluding steroid dienone is 4. The first-order chi connectivity index (χ1) is 16.2. The minimum absolute atomic E-state index is 0. The Labute approximate surface area is 216 Å². The summed E-state index contributed by atoms with van der Waals surface area (Å²) in [5.74, 6) is 0.782. The van der Waals surface area contributed by atoms with Gasteiger partial charge in [0.2, 0.25) is 0 Å². The Balaban J connectivity index is 0.000000190. The molecule has 6 aliphatic rings. The molecule has 2 saturated heterocycles. The summed E-state index contributed by atoms with van der Waals surface area (Å²) in [7, 11) is 0. The highest BCUT2D eigenvalue weighted by Crippen LogP contribution is 2.61. The van der Waals surface area contributed by atoms with Crippen LogP contribution in [-0.4, -0.2) is 44.6 Å². The largest absolute Gasteiger partial charge is 0.455 e. The number of hydrogen-bond acceptors (Lipinski definition) is 6. The molecule has 0 bridgehead atoms. The van der Waals surface area contributed by atoms with Gasteiger partial charge in [0.05, 0.1) is 12.8 Å². The Kier molecular flexibility index (Phi) is 7.84. The van der Waals surface area contributed by atoms with Crippen LogP contribution in [0.4, 0.5) is 0 Å². The Hall–Kier alpha value is -2.18. The van der Waals surface area contributed by atoms with Crippen LogP contribution >= 0.6 is 0 Å². The van der Waals surface area contributed by atoms with E-state index in [2.05, 4.69) is 25.3 Å². The zero-order chi connectivity index (χ0) is 24.2. The third kappa shape index (κ3) is 3.92. The molecule has 0 aromatic heterocycles. The molecule has 2 saturated carbocycles. The van der Waals surface area contributed by atoms with Crippen LogP contribution in [0, 0.1) is 23.7 Å². The third-order valence-corrected chi connectivity index (χ3v) is 9.47. The van der Waals surface area contributed by atoms with Gasteiger partial charge in [-0.25, -0.2) is 0 Å². The van der Waals surface area contributed by atoms with E-state index in [1.807, 2.05) is 24.3 Å². The zero-order valence-corrected chi connectivity index (χ0v) is 19.8. The van der Waals surface area contributed by atoms with Crippen LogP contribution in [0.25, 0.3) is 0 Å². The van der Waals surface area contributed by atoms with Crippen molar-refractivity contribution in [3.05, 3.63) is 49.6 Å². The maximum Gasteiger partial charge on any atom is 0.309 e. The van der Waals surface area contributed by atoms with Crippen molar-refractivity contribution >= 4 is 11.9 Å². The second-order valence-corrected chi connectivity index (χ2v) is 11.2. The lowest BCUT2D eigenvalue weighted by molar-refractivity contribution is -0.162. The highest BCUT2D eigenvalue weighted by molar-refractivity contribution is 5.76. The lowest BCUT2D eigenvalue weighted by Crippen LogP contribution is -2.51. The van der Waals surface area contributed by atoms with Gasteiger partial charge < -0.3 is 19.7 Å². The molecule has 36 heavy (non-hydrogen) atoms. The van der Waals surface area contributed by atoms with Gasteiger partial charge >= 0.3 is 11.9 Å². The Morgan fingerprint density at radius 3 is 1.53 bits per heavy atom. The molecule has 4 fully saturated rings. The fraction of sp³-hybridized carbons (Fsp3) is 0.667. The van der Waals surface area contributed by atoms with Crippen molar-refractivity contribution in [2.24, 2.45) is 23.7 Å². The van der Waals surface area contributed by atoms with E-state index in [0.717, 1.165) is 25.7 Å². The second kappa shape index (κ2) is 9.94. The normalized spacial score (nSPS) is 44.8. The Morgan fingerprint density at radius 1 is 0.778 bits per heavy atom. The fourth-order valence-corrected chi connectivity index (χ4v) is 8.15. The molecule has 2 heterocycles. The molecule has 6 rings (SSSR count). The van der Waals surface area contributed by atoms with E-state index in [1.165, 1.54) is 0 Å². The molecule has 200 valence electrons. The third-order valence-electron chi connectivity index (χ3n) is 9.47. The number of rotatable bonds is 4. The van der Waals surface area contributed by atoms with Crippen molar-refractivity contribution in [2.75, 3.05) is 0 Å². The predicted octanol–water partition coefficient (Wildman–Crippen LogP) is 5.20. The van der Waals surface area contributed by atoms with E-state index in [1.54, 1.807) is 0 Å². The van der Waals surface area contributed by atoms with E-state index in [4.69, 9.17) is 9.47 Å². The van der Waals surface area contributed by atoms with Crippen LogP contribution in [0.2, 0.25) is 0 Å². The van der Waals surface area contributed by atoms with Gasteiger partial charge in [-0.2, -0.15) is 0 Å². The average Bonchev–Trinajstić information content (AvgIpc) is 3.34. The van der Waals surface area contributed by atoms with Crippen molar-refractivity contribution in [1.29, 1.82) is 0 Å². The van der Waals surface area contributed by atoms with Crippen LogP contribution in [0.5, 0.6) is 0 Å². The molecule has 6 heteroatoms. The van der Waals surface area contributed by atoms with Crippen LogP contribution < -0.4 is 0 Å². The smallest absolute Gasteiger partial charge is 0.309 e. The first-order valence-corrected chi connectivity index (χ1v) is 12.6. The summed E-state index contributed by atoms with van der Waals surface area (Å²) >= 11 is 0. The fourth-order valence-electron chi connectivity index (χ4n) is 8.15. The van der Waals surface area contributed by atoms with E-state index < -0.39 is 22.4 Å². The summed E-state index contributed by atoms with van der Waals surface area (Å²) < 4.78 is 11.2. The molecule has 6 nitrogen and oxygen atoms in total. The minimum Gasteiger partial charge on any atom is -0.455 e. The molecule has 0 unspecified atom stereocenters. The van der Waals surface area contributed by atoms with Crippen molar-refractivity contribution in [1.82, 2.24) is 0 Å². The monoisotopic (exact) mass is 500 g/mol. The van der Waals surface area contributed by atoms with Gasteiger partial charge in [0.1, 0.15) is 22.4 Å². The molecular weight excluding hydrogens is 456 g/mol. The standard InChI is InChI=1S/2C14H18O3.2CH4/c2*1-2-5-10-8-13(16)9-12(15)17-14(13)7-4-3-6-11(10)14;;/h2*2-4,10-11,16H,1,5-9H2;2*1H4/t2*10-,11-,13+,14-;;/m11../s1. The summed E-state index contributed by atoms with van der Waals surface area (Å²) in [5.41, 5.74) is -3.20. The predicted molar refractivity (Wildman–Crippen MR) is 140 cm³/mol.